The van der Waals surface area contributed by atoms with Crippen LogP contribution in [0, 0.1) is 6.92 Å². The van der Waals surface area contributed by atoms with Crippen LogP contribution in [-0.4, -0.2) is 48.4 Å². The SMILES string of the molecule is Cc1[nH]ncc1-c1nc([C@H]2C[C@H](N)[C@@H](O)C2)n(CC(F)(F)F)n1. The summed E-state index contributed by atoms with van der Waals surface area (Å²) in [6.07, 6.45) is -3.02. The Morgan fingerprint density at radius 1 is 1.43 bits per heavy atom. The number of aromatic nitrogens is 5. The number of hydrogen-bond donors (Lipinski definition) is 3. The summed E-state index contributed by atoms with van der Waals surface area (Å²) >= 11 is 0. The summed E-state index contributed by atoms with van der Waals surface area (Å²) in [5.41, 5.74) is 6.99. The second kappa shape index (κ2) is 5.60. The molecule has 0 bridgehead atoms. The Hall–Kier alpha value is -1.94. The Balaban J connectivity index is 1.99. The lowest BCUT2D eigenvalue weighted by molar-refractivity contribution is -0.143. The summed E-state index contributed by atoms with van der Waals surface area (Å²) < 4.78 is 39.3. The van der Waals surface area contributed by atoms with Gasteiger partial charge < -0.3 is 10.8 Å². The molecule has 3 atom stereocenters. The van der Waals surface area contributed by atoms with Gasteiger partial charge in [0.1, 0.15) is 12.4 Å². The first-order chi connectivity index (χ1) is 10.7. The molecule has 0 radical (unpaired) electrons. The highest BCUT2D eigenvalue weighted by Gasteiger charge is 2.37. The topological polar surface area (TPSA) is 106 Å². The average Bonchev–Trinajstić information content (AvgIpc) is 3.09. The molecule has 0 saturated heterocycles. The van der Waals surface area contributed by atoms with Crippen molar-refractivity contribution in [1.82, 2.24) is 25.0 Å². The van der Waals surface area contributed by atoms with Crippen molar-refractivity contribution in [1.29, 1.82) is 0 Å². The highest BCUT2D eigenvalue weighted by molar-refractivity contribution is 5.56. The van der Waals surface area contributed by atoms with Crippen molar-refractivity contribution < 1.29 is 18.3 Å². The van der Waals surface area contributed by atoms with Crippen LogP contribution < -0.4 is 5.73 Å². The molecule has 1 saturated carbocycles. The molecule has 1 fully saturated rings. The standard InChI is InChI=1S/C13H17F3N6O/c1-6-8(4-18-20-6)11-19-12(7-2-9(17)10(23)3-7)22(21-11)5-13(14,15)16/h4,7,9-10,23H,2-3,5,17H2,1H3,(H,18,20)/t7-,9-,10-/m0/s1. The number of rotatable bonds is 3. The lowest BCUT2D eigenvalue weighted by atomic mass is 10.1. The van der Waals surface area contributed by atoms with Crippen LogP contribution in [0.1, 0.15) is 30.3 Å². The number of nitrogens with one attached hydrogen (secondary N) is 1. The summed E-state index contributed by atoms with van der Waals surface area (Å²) in [4.78, 5) is 4.27. The minimum Gasteiger partial charge on any atom is -0.391 e. The molecule has 1 aliphatic rings. The molecule has 0 unspecified atom stereocenters. The fourth-order valence-corrected chi connectivity index (χ4v) is 2.89. The first-order valence-electron chi connectivity index (χ1n) is 7.20. The number of nitrogens with zero attached hydrogens (tertiary/aromatic N) is 4. The number of alkyl halides is 3. The number of aliphatic hydroxyl groups excluding tert-OH is 1. The van der Waals surface area contributed by atoms with Crippen LogP contribution in [0.15, 0.2) is 6.20 Å². The average molecular weight is 330 g/mol. The molecule has 23 heavy (non-hydrogen) atoms. The van der Waals surface area contributed by atoms with Crippen molar-refractivity contribution in [3.05, 3.63) is 17.7 Å². The summed E-state index contributed by atoms with van der Waals surface area (Å²) in [5.74, 6) is 0.0335. The van der Waals surface area contributed by atoms with Crippen LogP contribution in [0.5, 0.6) is 0 Å². The predicted octanol–water partition coefficient (Wildman–Crippen LogP) is 1.10. The monoisotopic (exact) mass is 330 g/mol. The normalized spacial score (nSPS) is 25.2. The molecule has 1 aliphatic carbocycles. The summed E-state index contributed by atoms with van der Waals surface area (Å²) in [6, 6.07) is -0.463. The number of aromatic amines is 1. The Bertz CT molecular complexity index is 684. The number of nitrogens with two attached hydrogens (primary N) is 1. The van der Waals surface area contributed by atoms with Gasteiger partial charge in [0.05, 0.1) is 17.9 Å². The van der Waals surface area contributed by atoms with Crippen molar-refractivity contribution >= 4 is 0 Å². The molecule has 0 aliphatic heterocycles. The maximum atomic E-state index is 12.8. The first kappa shape index (κ1) is 15.9. The van der Waals surface area contributed by atoms with E-state index in [0.29, 0.717) is 17.7 Å². The van der Waals surface area contributed by atoms with Crippen molar-refractivity contribution in [2.75, 3.05) is 0 Å². The predicted molar refractivity (Wildman–Crippen MR) is 74.4 cm³/mol. The minimum atomic E-state index is -4.41. The molecule has 4 N–H and O–H groups in total. The van der Waals surface area contributed by atoms with E-state index in [9.17, 15) is 18.3 Å². The maximum Gasteiger partial charge on any atom is 0.408 e. The smallest absolute Gasteiger partial charge is 0.391 e. The molecule has 3 rings (SSSR count). The van der Waals surface area contributed by atoms with Crippen LogP contribution in [-0.2, 0) is 6.54 Å². The molecular weight excluding hydrogens is 313 g/mol. The van der Waals surface area contributed by atoms with E-state index in [1.54, 1.807) is 6.92 Å². The highest BCUT2D eigenvalue weighted by Crippen LogP contribution is 2.35. The van der Waals surface area contributed by atoms with Gasteiger partial charge >= 0.3 is 6.18 Å². The van der Waals surface area contributed by atoms with Gasteiger partial charge in [-0.15, -0.1) is 0 Å². The van der Waals surface area contributed by atoms with Crippen LogP contribution in [0.2, 0.25) is 0 Å². The molecule has 0 aromatic carbocycles. The number of hydrogen-bond acceptors (Lipinski definition) is 5. The van der Waals surface area contributed by atoms with Gasteiger partial charge in [-0.05, 0) is 19.8 Å². The Morgan fingerprint density at radius 3 is 2.70 bits per heavy atom. The highest BCUT2D eigenvalue weighted by atomic mass is 19.4. The maximum absolute atomic E-state index is 12.8. The Morgan fingerprint density at radius 2 is 2.17 bits per heavy atom. The van der Waals surface area contributed by atoms with Gasteiger partial charge in [-0.3, -0.25) is 5.10 Å². The van der Waals surface area contributed by atoms with Crippen LogP contribution >= 0.6 is 0 Å². The van der Waals surface area contributed by atoms with Crippen LogP contribution in [0.4, 0.5) is 13.2 Å². The lowest BCUT2D eigenvalue weighted by Crippen LogP contribution is -2.28. The molecule has 10 heteroatoms. The van der Waals surface area contributed by atoms with Gasteiger partial charge in [0.15, 0.2) is 5.82 Å². The first-order valence-corrected chi connectivity index (χ1v) is 7.20. The van der Waals surface area contributed by atoms with Gasteiger partial charge in [0.25, 0.3) is 0 Å². The summed E-state index contributed by atoms with van der Waals surface area (Å²) in [5, 5.41) is 20.3. The van der Waals surface area contributed by atoms with Gasteiger partial charge in [0.2, 0.25) is 0 Å². The van der Waals surface area contributed by atoms with Crippen molar-refractivity contribution in [3.8, 4) is 11.4 Å². The molecular formula is C13H17F3N6O. The van der Waals surface area contributed by atoms with Crippen molar-refractivity contribution in [3.63, 3.8) is 0 Å². The zero-order chi connectivity index (χ0) is 16.8. The molecule has 0 spiro atoms. The van der Waals surface area contributed by atoms with E-state index in [1.807, 2.05) is 0 Å². The van der Waals surface area contributed by atoms with E-state index in [0.717, 1.165) is 4.68 Å². The van der Waals surface area contributed by atoms with E-state index in [4.69, 9.17) is 5.73 Å². The zero-order valence-corrected chi connectivity index (χ0v) is 12.4. The van der Waals surface area contributed by atoms with E-state index in [2.05, 4.69) is 20.3 Å². The van der Waals surface area contributed by atoms with Gasteiger partial charge in [-0.2, -0.15) is 23.4 Å². The van der Waals surface area contributed by atoms with Crippen LogP contribution in [0.3, 0.4) is 0 Å². The molecule has 0 amide bonds. The fourth-order valence-electron chi connectivity index (χ4n) is 2.89. The fraction of sp³-hybridized carbons (Fsp3) is 0.615. The van der Waals surface area contributed by atoms with E-state index in [1.165, 1.54) is 6.20 Å². The molecule has 2 aromatic rings. The number of aryl methyl sites for hydroxylation is 1. The Labute approximate surface area is 129 Å². The molecule has 2 aromatic heterocycles. The molecule has 2 heterocycles. The molecule has 7 nitrogen and oxygen atoms in total. The van der Waals surface area contributed by atoms with E-state index < -0.39 is 24.9 Å². The number of halogens is 3. The third-order valence-corrected chi connectivity index (χ3v) is 4.04. The van der Waals surface area contributed by atoms with Crippen molar-refractivity contribution in [2.24, 2.45) is 5.73 Å². The quantitative estimate of drug-likeness (QED) is 0.781. The lowest BCUT2D eigenvalue weighted by Gasteiger charge is -2.12. The van der Waals surface area contributed by atoms with E-state index in [-0.39, 0.29) is 24.0 Å². The third kappa shape index (κ3) is 3.22. The third-order valence-electron chi connectivity index (χ3n) is 4.04. The molecule has 126 valence electrons. The number of aliphatic hydroxyl groups is 1. The van der Waals surface area contributed by atoms with Gasteiger partial charge in [-0.1, -0.05) is 0 Å². The van der Waals surface area contributed by atoms with Crippen molar-refractivity contribution in [2.45, 2.75) is 50.6 Å². The van der Waals surface area contributed by atoms with Crippen LogP contribution in [0.25, 0.3) is 11.4 Å². The van der Waals surface area contributed by atoms with Gasteiger partial charge in [-0.25, -0.2) is 9.67 Å². The minimum absolute atomic E-state index is 0.186. The largest absolute Gasteiger partial charge is 0.408 e. The Kier molecular flexibility index (Phi) is 3.88. The van der Waals surface area contributed by atoms with E-state index >= 15 is 0 Å². The summed E-state index contributed by atoms with van der Waals surface area (Å²) in [6.45, 7) is 0.510. The van der Waals surface area contributed by atoms with Gasteiger partial charge in [0, 0.05) is 17.7 Å². The number of H-pyrrole nitrogens is 1. The summed E-state index contributed by atoms with van der Waals surface area (Å²) in [7, 11) is 0. The second-order valence-corrected chi connectivity index (χ2v) is 5.87. The zero-order valence-electron chi connectivity index (χ0n) is 12.4. The second-order valence-electron chi connectivity index (χ2n) is 5.87.